The Bertz CT molecular complexity index is 792. The van der Waals surface area contributed by atoms with E-state index in [2.05, 4.69) is 10.3 Å². The Hall–Kier alpha value is -1.34. The molecule has 0 unspecified atom stereocenters. The van der Waals surface area contributed by atoms with E-state index >= 15 is 0 Å². The van der Waals surface area contributed by atoms with Gasteiger partial charge in [0.2, 0.25) is 5.91 Å². The maximum atomic E-state index is 12.6. The molecule has 2 heterocycles. The molecular weight excluding hydrogens is 318 g/mol. The monoisotopic (exact) mass is 337 g/mol. The van der Waals surface area contributed by atoms with Crippen LogP contribution < -0.4 is 10.9 Å². The summed E-state index contributed by atoms with van der Waals surface area (Å²) in [5, 5.41) is 4.24. The molecule has 0 aromatic carbocycles. The van der Waals surface area contributed by atoms with Crippen molar-refractivity contribution in [3.05, 3.63) is 20.8 Å². The summed E-state index contributed by atoms with van der Waals surface area (Å²) in [4.78, 5) is 31.1. The topological polar surface area (TPSA) is 64.0 Å². The normalized spacial score (nSPS) is 13.8. The van der Waals surface area contributed by atoms with Gasteiger partial charge in [0, 0.05) is 18.0 Å². The molecule has 0 saturated carbocycles. The Morgan fingerprint density at radius 3 is 2.95 bits per heavy atom. The first-order valence-corrected chi connectivity index (χ1v) is 9.21. The van der Waals surface area contributed by atoms with Crippen molar-refractivity contribution in [1.29, 1.82) is 0 Å². The SMILES string of the molecule is CC(C)NC(=O)CSc1nc2sc3c(c2c(=O)n1C)CCC3. The number of thioether (sulfide) groups is 1. The summed E-state index contributed by atoms with van der Waals surface area (Å²) in [7, 11) is 1.73. The van der Waals surface area contributed by atoms with Crippen LogP contribution in [0.4, 0.5) is 0 Å². The van der Waals surface area contributed by atoms with Crippen LogP contribution in [0, 0.1) is 0 Å². The van der Waals surface area contributed by atoms with Crippen LogP contribution >= 0.6 is 23.1 Å². The van der Waals surface area contributed by atoms with E-state index in [9.17, 15) is 9.59 Å². The average molecular weight is 337 g/mol. The van der Waals surface area contributed by atoms with Crippen molar-refractivity contribution < 1.29 is 4.79 Å². The smallest absolute Gasteiger partial charge is 0.262 e. The summed E-state index contributed by atoms with van der Waals surface area (Å²) in [6.07, 6.45) is 3.17. The Labute approximate surface area is 137 Å². The molecule has 0 bridgehead atoms. The second-order valence-corrected chi connectivity index (χ2v) is 7.83. The van der Waals surface area contributed by atoms with Gasteiger partial charge in [-0.15, -0.1) is 11.3 Å². The molecule has 1 N–H and O–H groups in total. The first kappa shape index (κ1) is 15.6. The van der Waals surface area contributed by atoms with Crippen molar-refractivity contribution in [2.45, 2.75) is 44.3 Å². The maximum Gasteiger partial charge on any atom is 0.262 e. The number of thiophene rings is 1. The minimum atomic E-state index is -0.0389. The van der Waals surface area contributed by atoms with Crippen LogP contribution in [0.1, 0.15) is 30.7 Å². The van der Waals surface area contributed by atoms with E-state index in [-0.39, 0.29) is 23.3 Å². The fraction of sp³-hybridized carbons (Fsp3) is 0.533. The number of carbonyl (C=O) groups is 1. The van der Waals surface area contributed by atoms with E-state index in [1.807, 2.05) is 13.8 Å². The molecule has 0 spiro atoms. The minimum absolute atomic E-state index is 0.0103. The fourth-order valence-corrected chi connectivity index (χ4v) is 4.81. The molecule has 1 amide bonds. The summed E-state index contributed by atoms with van der Waals surface area (Å²) < 4.78 is 1.57. The third-order valence-corrected chi connectivity index (χ3v) is 5.90. The van der Waals surface area contributed by atoms with Gasteiger partial charge < -0.3 is 5.32 Å². The quantitative estimate of drug-likeness (QED) is 0.685. The van der Waals surface area contributed by atoms with Gasteiger partial charge in [0.15, 0.2) is 5.16 Å². The molecule has 22 heavy (non-hydrogen) atoms. The molecule has 0 aliphatic heterocycles. The Balaban J connectivity index is 1.90. The molecule has 2 aromatic rings. The first-order chi connectivity index (χ1) is 10.5. The Kier molecular flexibility index (Phi) is 4.27. The van der Waals surface area contributed by atoms with Gasteiger partial charge in [-0.2, -0.15) is 0 Å². The highest BCUT2D eigenvalue weighted by atomic mass is 32.2. The number of nitrogens with one attached hydrogen (secondary N) is 1. The molecule has 0 fully saturated rings. The second kappa shape index (κ2) is 6.04. The van der Waals surface area contributed by atoms with E-state index in [4.69, 9.17) is 0 Å². The molecule has 118 valence electrons. The molecule has 0 saturated heterocycles. The van der Waals surface area contributed by atoms with Crippen molar-refractivity contribution in [2.24, 2.45) is 7.05 Å². The van der Waals surface area contributed by atoms with Crippen LogP contribution in [-0.4, -0.2) is 27.3 Å². The van der Waals surface area contributed by atoms with Gasteiger partial charge in [0.25, 0.3) is 5.56 Å². The maximum absolute atomic E-state index is 12.6. The molecule has 0 radical (unpaired) electrons. The lowest BCUT2D eigenvalue weighted by Gasteiger charge is -2.09. The molecular formula is C15H19N3O2S2. The van der Waals surface area contributed by atoms with Crippen LogP contribution in [0.3, 0.4) is 0 Å². The summed E-state index contributed by atoms with van der Waals surface area (Å²) >= 11 is 2.94. The van der Waals surface area contributed by atoms with Gasteiger partial charge in [0.05, 0.1) is 11.1 Å². The van der Waals surface area contributed by atoms with Gasteiger partial charge in [0.1, 0.15) is 4.83 Å². The van der Waals surface area contributed by atoms with Crippen molar-refractivity contribution in [2.75, 3.05) is 5.75 Å². The van der Waals surface area contributed by atoms with Crippen LogP contribution in [0.15, 0.2) is 9.95 Å². The lowest BCUT2D eigenvalue weighted by molar-refractivity contribution is -0.119. The summed E-state index contributed by atoms with van der Waals surface area (Å²) in [6, 6.07) is 0.118. The predicted molar refractivity (Wildman–Crippen MR) is 90.9 cm³/mol. The van der Waals surface area contributed by atoms with Crippen LogP contribution in [-0.2, 0) is 24.7 Å². The third-order valence-electron chi connectivity index (χ3n) is 3.69. The molecule has 2 aromatic heterocycles. The van der Waals surface area contributed by atoms with Crippen molar-refractivity contribution >= 4 is 39.2 Å². The summed E-state index contributed by atoms with van der Waals surface area (Å²) in [5.74, 6) is 0.234. The lowest BCUT2D eigenvalue weighted by atomic mass is 10.2. The van der Waals surface area contributed by atoms with E-state index in [0.29, 0.717) is 5.16 Å². The molecule has 5 nitrogen and oxygen atoms in total. The number of carbonyl (C=O) groups excluding carboxylic acids is 1. The second-order valence-electron chi connectivity index (χ2n) is 5.81. The zero-order valence-corrected chi connectivity index (χ0v) is 14.6. The average Bonchev–Trinajstić information content (AvgIpc) is 3.00. The molecule has 1 aliphatic rings. The highest BCUT2D eigenvalue weighted by Gasteiger charge is 2.22. The summed E-state index contributed by atoms with van der Waals surface area (Å²) in [5.41, 5.74) is 1.21. The van der Waals surface area contributed by atoms with E-state index in [1.165, 1.54) is 22.2 Å². The number of nitrogens with zero attached hydrogens (tertiary/aromatic N) is 2. The number of rotatable bonds is 4. The minimum Gasteiger partial charge on any atom is -0.353 e. The van der Waals surface area contributed by atoms with Crippen LogP contribution in [0.5, 0.6) is 0 Å². The molecule has 7 heteroatoms. The number of amides is 1. The van der Waals surface area contributed by atoms with Gasteiger partial charge >= 0.3 is 0 Å². The van der Waals surface area contributed by atoms with Crippen LogP contribution in [0.2, 0.25) is 0 Å². The van der Waals surface area contributed by atoms with Crippen molar-refractivity contribution in [1.82, 2.24) is 14.9 Å². The van der Waals surface area contributed by atoms with Gasteiger partial charge in [-0.05, 0) is 38.7 Å². The zero-order chi connectivity index (χ0) is 15.9. The number of aromatic nitrogens is 2. The Morgan fingerprint density at radius 2 is 2.23 bits per heavy atom. The highest BCUT2D eigenvalue weighted by Crippen LogP contribution is 2.35. The number of aryl methyl sites for hydroxylation is 2. The van der Waals surface area contributed by atoms with Gasteiger partial charge in [-0.1, -0.05) is 11.8 Å². The molecule has 0 atom stereocenters. The van der Waals surface area contributed by atoms with Crippen LogP contribution in [0.25, 0.3) is 10.2 Å². The van der Waals surface area contributed by atoms with Crippen molar-refractivity contribution in [3.63, 3.8) is 0 Å². The van der Waals surface area contributed by atoms with Crippen molar-refractivity contribution in [3.8, 4) is 0 Å². The van der Waals surface area contributed by atoms with E-state index < -0.39 is 0 Å². The zero-order valence-electron chi connectivity index (χ0n) is 12.9. The van der Waals surface area contributed by atoms with Gasteiger partial charge in [-0.25, -0.2) is 4.98 Å². The molecule has 1 aliphatic carbocycles. The fourth-order valence-electron chi connectivity index (χ4n) is 2.73. The largest absolute Gasteiger partial charge is 0.353 e. The van der Waals surface area contributed by atoms with E-state index in [0.717, 1.165) is 29.5 Å². The highest BCUT2D eigenvalue weighted by molar-refractivity contribution is 7.99. The number of fused-ring (bicyclic) bond motifs is 3. The van der Waals surface area contributed by atoms with E-state index in [1.54, 1.807) is 23.0 Å². The standard InChI is InChI=1S/C15H19N3O2S2/c1-8(2)16-11(19)7-21-15-17-13-12(14(20)18(15)3)9-5-4-6-10(9)22-13/h8H,4-7H2,1-3H3,(H,16,19). The predicted octanol–water partition coefficient (Wildman–Crippen LogP) is 2.10. The number of hydrogen-bond acceptors (Lipinski definition) is 5. The summed E-state index contributed by atoms with van der Waals surface area (Å²) in [6.45, 7) is 3.85. The third kappa shape index (κ3) is 2.79. The lowest BCUT2D eigenvalue weighted by Crippen LogP contribution is -2.31. The Morgan fingerprint density at radius 1 is 1.45 bits per heavy atom. The first-order valence-electron chi connectivity index (χ1n) is 7.40. The number of hydrogen-bond donors (Lipinski definition) is 1. The molecule has 3 rings (SSSR count). The van der Waals surface area contributed by atoms with Gasteiger partial charge in [-0.3, -0.25) is 14.2 Å².